The summed E-state index contributed by atoms with van der Waals surface area (Å²) in [6.45, 7) is 4.02. The molecule has 4 nitrogen and oxygen atoms in total. The molecule has 1 saturated heterocycles. The summed E-state index contributed by atoms with van der Waals surface area (Å²) >= 11 is 0. The molecule has 0 aromatic heterocycles. The molecule has 2 atom stereocenters. The summed E-state index contributed by atoms with van der Waals surface area (Å²) in [6, 6.07) is 10.5. The van der Waals surface area contributed by atoms with Crippen molar-refractivity contribution in [3.05, 3.63) is 35.9 Å². The first-order chi connectivity index (χ1) is 9.31. The maximum atomic E-state index is 5.94. The van der Waals surface area contributed by atoms with Gasteiger partial charge >= 0.3 is 0 Å². The van der Waals surface area contributed by atoms with Crippen LogP contribution in [0.25, 0.3) is 0 Å². The first-order valence-electron chi connectivity index (χ1n) is 6.71. The van der Waals surface area contributed by atoms with Crippen LogP contribution in [0.15, 0.2) is 30.3 Å². The van der Waals surface area contributed by atoms with Crippen LogP contribution in [0, 0.1) is 0 Å². The van der Waals surface area contributed by atoms with Crippen LogP contribution < -0.4 is 0 Å². The Morgan fingerprint density at radius 2 is 1.63 bits per heavy atom. The van der Waals surface area contributed by atoms with Gasteiger partial charge in [-0.1, -0.05) is 30.3 Å². The molecule has 1 aromatic carbocycles. The molecule has 106 valence electrons. The fourth-order valence-electron chi connectivity index (χ4n) is 2.54. The zero-order valence-corrected chi connectivity index (χ0v) is 11.7. The molecule has 0 spiro atoms. The van der Waals surface area contributed by atoms with Crippen molar-refractivity contribution in [2.75, 3.05) is 40.5 Å². The number of rotatable bonds is 6. The minimum absolute atomic E-state index is 0.127. The van der Waals surface area contributed by atoms with E-state index in [1.54, 1.807) is 14.2 Å². The average Bonchev–Trinajstić information content (AvgIpc) is 2.40. The largest absolute Gasteiger partial charge is 0.382 e. The second-order valence-corrected chi connectivity index (χ2v) is 4.97. The average molecular weight is 265 g/mol. The Morgan fingerprint density at radius 1 is 1.05 bits per heavy atom. The van der Waals surface area contributed by atoms with Crippen molar-refractivity contribution in [3.63, 3.8) is 0 Å². The van der Waals surface area contributed by atoms with Gasteiger partial charge < -0.3 is 14.2 Å². The monoisotopic (exact) mass is 265 g/mol. The fourth-order valence-corrected chi connectivity index (χ4v) is 2.54. The molecule has 1 aromatic rings. The molecule has 0 radical (unpaired) electrons. The molecule has 1 heterocycles. The lowest BCUT2D eigenvalue weighted by Crippen LogP contribution is -2.50. The quantitative estimate of drug-likeness (QED) is 0.781. The number of nitrogens with zero attached hydrogens (tertiary/aromatic N) is 1. The van der Waals surface area contributed by atoms with Gasteiger partial charge in [0.1, 0.15) is 0 Å². The van der Waals surface area contributed by atoms with Crippen molar-refractivity contribution in [1.82, 2.24) is 4.90 Å². The molecular weight excluding hydrogens is 242 g/mol. The number of hydrogen-bond donors (Lipinski definition) is 0. The summed E-state index contributed by atoms with van der Waals surface area (Å²) < 4.78 is 16.4. The van der Waals surface area contributed by atoms with Gasteiger partial charge in [0.05, 0.1) is 25.4 Å². The molecule has 19 heavy (non-hydrogen) atoms. The molecule has 0 amide bonds. The molecule has 0 N–H and O–H groups in total. The molecule has 0 aliphatic carbocycles. The maximum absolute atomic E-state index is 5.94. The van der Waals surface area contributed by atoms with Crippen molar-refractivity contribution in [2.45, 2.75) is 18.8 Å². The summed E-state index contributed by atoms with van der Waals surface area (Å²) in [7, 11) is 3.43. The van der Waals surface area contributed by atoms with E-state index in [2.05, 4.69) is 29.2 Å². The van der Waals surface area contributed by atoms with E-state index in [1.165, 1.54) is 5.56 Å². The Balaban J connectivity index is 1.94. The van der Waals surface area contributed by atoms with Gasteiger partial charge in [-0.2, -0.15) is 0 Å². The van der Waals surface area contributed by atoms with Gasteiger partial charge in [0.2, 0.25) is 0 Å². The van der Waals surface area contributed by atoms with Gasteiger partial charge in [-0.25, -0.2) is 0 Å². The first kappa shape index (κ1) is 14.5. The smallest absolute Gasteiger partial charge is 0.0940 e. The Bertz CT molecular complexity index is 344. The van der Waals surface area contributed by atoms with Gasteiger partial charge in [-0.15, -0.1) is 0 Å². The highest BCUT2D eigenvalue weighted by Crippen LogP contribution is 2.15. The van der Waals surface area contributed by atoms with Crippen molar-refractivity contribution < 1.29 is 14.2 Å². The number of ether oxygens (including phenoxy) is 3. The van der Waals surface area contributed by atoms with Crippen molar-refractivity contribution >= 4 is 0 Å². The normalized spacial score (nSPS) is 24.5. The van der Waals surface area contributed by atoms with Crippen LogP contribution in [-0.2, 0) is 20.8 Å². The summed E-state index contributed by atoms with van der Waals surface area (Å²) in [5.74, 6) is 0. The molecule has 1 aliphatic heterocycles. The molecule has 4 heteroatoms. The highest BCUT2D eigenvalue weighted by Gasteiger charge is 2.27. The highest BCUT2D eigenvalue weighted by molar-refractivity contribution is 5.14. The number of benzene rings is 1. The van der Waals surface area contributed by atoms with Crippen molar-refractivity contribution in [3.8, 4) is 0 Å². The third kappa shape index (κ3) is 4.58. The fraction of sp³-hybridized carbons (Fsp3) is 0.600. The summed E-state index contributed by atoms with van der Waals surface area (Å²) in [5.41, 5.74) is 1.33. The Hall–Kier alpha value is -0.940. The van der Waals surface area contributed by atoms with Crippen molar-refractivity contribution in [2.24, 2.45) is 0 Å². The zero-order valence-electron chi connectivity index (χ0n) is 11.7. The van der Waals surface area contributed by atoms with E-state index in [4.69, 9.17) is 14.2 Å². The predicted octanol–water partition coefficient (Wildman–Crippen LogP) is 1.55. The van der Waals surface area contributed by atoms with E-state index >= 15 is 0 Å². The highest BCUT2D eigenvalue weighted by atomic mass is 16.6. The number of methoxy groups -OCH3 is 2. The maximum Gasteiger partial charge on any atom is 0.0940 e. The van der Waals surface area contributed by atoms with Crippen LogP contribution in [0.2, 0.25) is 0 Å². The third-order valence-electron chi connectivity index (χ3n) is 3.26. The van der Waals surface area contributed by atoms with Crippen LogP contribution >= 0.6 is 0 Å². The second kappa shape index (κ2) is 7.60. The van der Waals surface area contributed by atoms with Crippen LogP contribution in [0.3, 0.4) is 0 Å². The second-order valence-electron chi connectivity index (χ2n) is 4.97. The number of hydrogen-bond acceptors (Lipinski definition) is 4. The SMILES string of the molecule is COC[C@@H]1CN(Cc2ccccc2)C[C@H](COC)O1. The van der Waals surface area contributed by atoms with E-state index in [0.29, 0.717) is 13.2 Å². The molecule has 1 aliphatic rings. The van der Waals surface area contributed by atoms with Gasteiger partial charge in [-0.05, 0) is 5.56 Å². The van der Waals surface area contributed by atoms with E-state index < -0.39 is 0 Å². The molecule has 2 rings (SSSR count). The van der Waals surface area contributed by atoms with E-state index in [1.807, 2.05) is 6.07 Å². The van der Waals surface area contributed by atoms with Crippen LogP contribution in [0.5, 0.6) is 0 Å². The number of morpholine rings is 1. The summed E-state index contributed by atoms with van der Waals surface area (Å²) in [6.07, 6.45) is 0.255. The lowest BCUT2D eigenvalue weighted by atomic mass is 10.1. The van der Waals surface area contributed by atoms with Gasteiger partial charge in [0, 0.05) is 33.9 Å². The topological polar surface area (TPSA) is 30.9 Å². The van der Waals surface area contributed by atoms with Gasteiger partial charge in [0.25, 0.3) is 0 Å². The molecule has 0 saturated carbocycles. The lowest BCUT2D eigenvalue weighted by molar-refractivity contribution is -0.128. The van der Waals surface area contributed by atoms with Crippen LogP contribution in [-0.4, -0.2) is 57.6 Å². The minimum Gasteiger partial charge on any atom is -0.382 e. The summed E-state index contributed by atoms with van der Waals surface area (Å²) in [4.78, 5) is 2.41. The third-order valence-corrected chi connectivity index (χ3v) is 3.26. The van der Waals surface area contributed by atoms with Gasteiger partial charge in [0.15, 0.2) is 0 Å². The molecule has 0 unspecified atom stereocenters. The Labute approximate surface area is 115 Å². The Morgan fingerprint density at radius 3 is 2.16 bits per heavy atom. The van der Waals surface area contributed by atoms with E-state index in [9.17, 15) is 0 Å². The molecular formula is C15H23NO3. The first-order valence-corrected chi connectivity index (χ1v) is 6.71. The molecule has 1 fully saturated rings. The van der Waals surface area contributed by atoms with Crippen molar-refractivity contribution in [1.29, 1.82) is 0 Å². The predicted molar refractivity (Wildman–Crippen MR) is 74.1 cm³/mol. The minimum atomic E-state index is 0.127. The van der Waals surface area contributed by atoms with Crippen LogP contribution in [0.1, 0.15) is 5.56 Å². The zero-order chi connectivity index (χ0) is 13.5. The Kier molecular flexibility index (Phi) is 5.79. The van der Waals surface area contributed by atoms with E-state index in [0.717, 1.165) is 19.6 Å². The van der Waals surface area contributed by atoms with Crippen LogP contribution in [0.4, 0.5) is 0 Å². The van der Waals surface area contributed by atoms with E-state index in [-0.39, 0.29) is 12.2 Å². The standard InChI is InChI=1S/C15H23NO3/c1-17-11-14-9-16(10-15(19-14)12-18-2)8-13-6-4-3-5-7-13/h3-7,14-15H,8-12H2,1-2H3/t14-,15+. The summed E-state index contributed by atoms with van der Waals surface area (Å²) in [5, 5.41) is 0. The lowest BCUT2D eigenvalue weighted by Gasteiger charge is -2.37. The molecule has 0 bridgehead atoms. The van der Waals surface area contributed by atoms with Gasteiger partial charge in [-0.3, -0.25) is 4.90 Å².